The van der Waals surface area contributed by atoms with E-state index in [0.717, 1.165) is 29.7 Å². The minimum atomic E-state index is -0.290. The second-order valence-corrected chi connectivity index (χ2v) is 6.97. The van der Waals surface area contributed by atoms with Crippen LogP contribution in [-0.2, 0) is 4.79 Å². The molecule has 0 spiro atoms. The van der Waals surface area contributed by atoms with E-state index < -0.39 is 0 Å². The molecule has 0 aliphatic heterocycles. The van der Waals surface area contributed by atoms with Gasteiger partial charge < -0.3 is 10.6 Å². The highest BCUT2D eigenvalue weighted by molar-refractivity contribution is 5.98. The maximum absolute atomic E-state index is 12.9. The van der Waals surface area contributed by atoms with Gasteiger partial charge >= 0.3 is 0 Å². The minimum Gasteiger partial charge on any atom is -0.358 e. The maximum Gasteiger partial charge on any atom is 0.270 e. The zero-order valence-electron chi connectivity index (χ0n) is 15.7. The number of amides is 2. The summed E-state index contributed by atoms with van der Waals surface area (Å²) >= 11 is 0. The van der Waals surface area contributed by atoms with Crippen LogP contribution in [0.2, 0.25) is 0 Å². The van der Waals surface area contributed by atoms with Crippen LogP contribution >= 0.6 is 0 Å². The summed E-state index contributed by atoms with van der Waals surface area (Å²) < 4.78 is 1.74. The van der Waals surface area contributed by atoms with Crippen molar-refractivity contribution >= 4 is 11.8 Å². The molecule has 1 aromatic carbocycles. The molecule has 2 aromatic rings. The minimum absolute atomic E-state index is 0.00427. The van der Waals surface area contributed by atoms with Crippen molar-refractivity contribution < 1.29 is 9.59 Å². The number of carbonyl (C=O) groups is 2. The molecule has 1 aliphatic carbocycles. The van der Waals surface area contributed by atoms with Gasteiger partial charge in [0.2, 0.25) is 5.91 Å². The summed E-state index contributed by atoms with van der Waals surface area (Å²) in [6.07, 6.45) is 2.03. The van der Waals surface area contributed by atoms with Gasteiger partial charge in [-0.2, -0.15) is 10.4 Å². The van der Waals surface area contributed by atoms with Crippen molar-refractivity contribution in [1.82, 2.24) is 20.4 Å². The number of hydrogen-bond donors (Lipinski definition) is 2. The highest BCUT2D eigenvalue weighted by Gasteiger charge is 2.36. The van der Waals surface area contributed by atoms with E-state index in [1.807, 2.05) is 26.0 Å². The van der Waals surface area contributed by atoms with E-state index in [1.54, 1.807) is 16.8 Å². The predicted molar refractivity (Wildman–Crippen MR) is 101 cm³/mol. The molecule has 0 atom stereocenters. The van der Waals surface area contributed by atoms with Crippen LogP contribution < -0.4 is 10.6 Å². The molecular weight excluding hydrogens is 342 g/mol. The highest BCUT2D eigenvalue weighted by Crippen LogP contribution is 2.46. The van der Waals surface area contributed by atoms with Crippen LogP contribution in [-0.4, -0.2) is 35.2 Å². The van der Waals surface area contributed by atoms with Gasteiger partial charge in [-0.05, 0) is 44.7 Å². The van der Waals surface area contributed by atoms with Crippen molar-refractivity contribution in [2.45, 2.75) is 38.6 Å². The molecule has 1 aromatic heterocycles. The van der Waals surface area contributed by atoms with E-state index in [1.165, 1.54) is 7.05 Å². The standard InChI is InChI=1S/C20H23N5O2/c1-12(2)25-19(20(27)23-11-16(26)22-3)17(14-8-9-14)18(24-25)15-6-4-13(10-21)5-7-15/h4-7,12,14H,8-9,11H2,1-3H3,(H,22,26)(H,23,27). The number of nitriles is 1. The Hall–Kier alpha value is -3.14. The lowest BCUT2D eigenvalue weighted by atomic mass is 10.0. The summed E-state index contributed by atoms with van der Waals surface area (Å²) in [5.41, 5.74) is 3.70. The SMILES string of the molecule is CNC(=O)CNC(=O)c1c(C2CC2)c(-c2ccc(C#N)cc2)nn1C(C)C. The lowest BCUT2D eigenvalue weighted by Crippen LogP contribution is -2.36. The molecule has 27 heavy (non-hydrogen) atoms. The number of nitrogens with zero attached hydrogens (tertiary/aromatic N) is 3. The first-order chi connectivity index (χ1) is 13.0. The van der Waals surface area contributed by atoms with Gasteiger partial charge in [0.25, 0.3) is 5.91 Å². The molecule has 0 unspecified atom stereocenters. The zero-order chi connectivity index (χ0) is 19.6. The summed E-state index contributed by atoms with van der Waals surface area (Å²) in [5, 5.41) is 18.9. The van der Waals surface area contributed by atoms with Crippen LogP contribution in [0.15, 0.2) is 24.3 Å². The number of nitrogens with one attached hydrogen (secondary N) is 2. The summed E-state index contributed by atoms with van der Waals surface area (Å²) in [7, 11) is 1.53. The fourth-order valence-corrected chi connectivity index (χ4v) is 3.05. The Morgan fingerprint density at radius 2 is 1.96 bits per heavy atom. The first-order valence-corrected chi connectivity index (χ1v) is 9.08. The van der Waals surface area contributed by atoms with E-state index >= 15 is 0 Å². The van der Waals surface area contributed by atoms with Gasteiger partial charge in [0.1, 0.15) is 5.69 Å². The van der Waals surface area contributed by atoms with Crippen LogP contribution in [0.5, 0.6) is 0 Å². The monoisotopic (exact) mass is 365 g/mol. The Balaban J connectivity index is 2.06. The molecule has 2 amide bonds. The lowest BCUT2D eigenvalue weighted by molar-refractivity contribution is -0.119. The number of aromatic nitrogens is 2. The average Bonchev–Trinajstić information content (AvgIpc) is 3.44. The Kier molecular flexibility index (Phi) is 5.26. The van der Waals surface area contributed by atoms with Crippen LogP contribution in [0.1, 0.15) is 60.3 Å². The molecule has 0 saturated heterocycles. The molecule has 140 valence electrons. The normalized spacial score (nSPS) is 13.3. The van der Waals surface area contributed by atoms with Gasteiger partial charge in [-0.1, -0.05) is 12.1 Å². The molecule has 3 rings (SSSR count). The van der Waals surface area contributed by atoms with Crippen molar-refractivity contribution in [3.05, 3.63) is 41.1 Å². The van der Waals surface area contributed by atoms with E-state index in [9.17, 15) is 9.59 Å². The number of benzene rings is 1. The maximum atomic E-state index is 12.9. The van der Waals surface area contributed by atoms with E-state index in [2.05, 4.69) is 16.7 Å². The summed E-state index contributed by atoms with van der Waals surface area (Å²) in [5.74, 6) is -0.246. The van der Waals surface area contributed by atoms with Crippen LogP contribution in [0, 0.1) is 11.3 Å². The molecule has 1 aliphatic rings. The molecule has 1 fully saturated rings. The first-order valence-electron chi connectivity index (χ1n) is 9.08. The molecular formula is C20H23N5O2. The summed E-state index contributed by atoms with van der Waals surface area (Å²) in [6, 6.07) is 9.35. The number of rotatable bonds is 6. The van der Waals surface area contributed by atoms with Crippen molar-refractivity contribution in [1.29, 1.82) is 5.26 Å². The summed E-state index contributed by atoms with van der Waals surface area (Å²) in [4.78, 5) is 24.4. The largest absolute Gasteiger partial charge is 0.358 e. The van der Waals surface area contributed by atoms with Gasteiger partial charge in [0, 0.05) is 24.2 Å². The molecule has 7 nitrogen and oxygen atoms in total. The Morgan fingerprint density at radius 1 is 1.30 bits per heavy atom. The third kappa shape index (κ3) is 3.85. The van der Waals surface area contributed by atoms with E-state index in [-0.39, 0.29) is 24.4 Å². The molecule has 1 heterocycles. The third-order valence-electron chi connectivity index (χ3n) is 4.61. The van der Waals surface area contributed by atoms with Crippen LogP contribution in [0.25, 0.3) is 11.3 Å². The molecule has 7 heteroatoms. The second-order valence-electron chi connectivity index (χ2n) is 6.97. The van der Waals surface area contributed by atoms with Crippen LogP contribution in [0.3, 0.4) is 0 Å². The van der Waals surface area contributed by atoms with Crippen molar-refractivity contribution in [2.75, 3.05) is 13.6 Å². The predicted octanol–water partition coefficient (Wildman–Crippen LogP) is 2.36. The Labute approximate surface area is 158 Å². The molecule has 1 saturated carbocycles. The van der Waals surface area contributed by atoms with Crippen LogP contribution in [0.4, 0.5) is 0 Å². The third-order valence-corrected chi connectivity index (χ3v) is 4.61. The average molecular weight is 365 g/mol. The fraction of sp³-hybridized carbons (Fsp3) is 0.400. The Bertz CT molecular complexity index is 902. The zero-order valence-corrected chi connectivity index (χ0v) is 15.7. The molecule has 0 bridgehead atoms. The van der Waals surface area contributed by atoms with Crippen molar-refractivity contribution in [2.24, 2.45) is 0 Å². The topological polar surface area (TPSA) is 99.8 Å². The molecule has 2 N–H and O–H groups in total. The van der Waals surface area contributed by atoms with Gasteiger partial charge in [0.05, 0.1) is 23.9 Å². The number of likely N-dealkylation sites (N-methyl/N-ethyl adjacent to an activating group) is 1. The van der Waals surface area contributed by atoms with Gasteiger partial charge in [0.15, 0.2) is 0 Å². The van der Waals surface area contributed by atoms with E-state index in [0.29, 0.717) is 17.2 Å². The fourth-order valence-electron chi connectivity index (χ4n) is 3.05. The quantitative estimate of drug-likeness (QED) is 0.821. The lowest BCUT2D eigenvalue weighted by Gasteiger charge is -2.12. The summed E-state index contributed by atoms with van der Waals surface area (Å²) in [6.45, 7) is 3.87. The van der Waals surface area contributed by atoms with Gasteiger partial charge in [-0.25, -0.2) is 0 Å². The van der Waals surface area contributed by atoms with Gasteiger partial charge in [-0.15, -0.1) is 0 Å². The Morgan fingerprint density at radius 3 is 2.48 bits per heavy atom. The number of hydrogen-bond acceptors (Lipinski definition) is 4. The molecule has 0 radical (unpaired) electrons. The highest BCUT2D eigenvalue weighted by atomic mass is 16.2. The second kappa shape index (κ2) is 7.62. The van der Waals surface area contributed by atoms with Crippen molar-refractivity contribution in [3.8, 4) is 17.3 Å². The van der Waals surface area contributed by atoms with Gasteiger partial charge in [-0.3, -0.25) is 14.3 Å². The van der Waals surface area contributed by atoms with Crippen molar-refractivity contribution in [3.63, 3.8) is 0 Å². The first kappa shape index (κ1) is 18.6. The smallest absolute Gasteiger partial charge is 0.270 e. The van der Waals surface area contributed by atoms with E-state index in [4.69, 9.17) is 10.4 Å². The number of carbonyl (C=O) groups excluding carboxylic acids is 2.